The van der Waals surface area contributed by atoms with Gasteiger partial charge in [0.15, 0.2) is 11.5 Å². The van der Waals surface area contributed by atoms with Crippen molar-refractivity contribution in [2.45, 2.75) is 44.6 Å². The Morgan fingerprint density at radius 3 is 2.45 bits per heavy atom. The summed E-state index contributed by atoms with van der Waals surface area (Å²) in [6, 6.07) is 13.3. The third-order valence-corrected chi connectivity index (χ3v) is 6.44. The summed E-state index contributed by atoms with van der Waals surface area (Å²) in [5, 5.41) is 3.71. The minimum atomic E-state index is 0. The number of benzene rings is 2. The van der Waals surface area contributed by atoms with Crippen molar-refractivity contribution in [2.24, 2.45) is 0 Å². The van der Waals surface area contributed by atoms with Gasteiger partial charge in [0, 0.05) is 19.1 Å². The molecule has 0 radical (unpaired) electrons. The second kappa shape index (κ2) is 10.9. The summed E-state index contributed by atoms with van der Waals surface area (Å²) in [4.78, 5) is 14.8. The highest BCUT2D eigenvalue weighted by molar-refractivity contribution is 5.85. The van der Waals surface area contributed by atoms with Crippen molar-refractivity contribution >= 4 is 18.3 Å². The van der Waals surface area contributed by atoms with Gasteiger partial charge in [-0.15, -0.1) is 12.4 Å². The minimum absolute atomic E-state index is 0. The number of fused-ring (bicyclic) bond motifs is 2. The fraction of sp³-hybridized carbons (Fsp3) is 0.480. The van der Waals surface area contributed by atoms with Crippen LogP contribution in [-0.2, 0) is 30.5 Å². The van der Waals surface area contributed by atoms with E-state index in [2.05, 4.69) is 29.6 Å². The Morgan fingerprint density at radius 2 is 1.71 bits per heavy atom. The van der Waals surface area contributed by atoms with E-state index < -0.39 is 0 Å². The van der Waals surface area contributed by atoms with Gasteiger partial charge in [-0.1, -0.05) is 24.3 Å². The van der Waals surface area contributed by atoms with E-state index in [0.29, 0.717) is 18.2 Å². The molecule has 0 fully saturated rings. The van der Waals surface area contributed by atoms with Gasteiger partial charge >= 0.3 is 0 Å². The molecule has 2 aromatic rings. The Kier molecular flexibility index (Phi) is 8.22. The Bertz CT molecular complexity index is 902. The standard InChI is InChI=1S/C25H32N2O3.ClH/c1-29-23-15-20-10-13-27(25(28)17-21(20)16-24(23)30-2)12-5-11-26-22-9-8-18-6-3-4-7-19(18)14-22;/h3-4,6-7,15-16,22,26H,5,8-14,17H2,1-2H3;1H. The molecule has 1 N–H and O–H groups in total. The fourth-order valence-electron chi connectivity index (χ4n) is 4.70. The summed E-state index contributed by atoms with van der Waals surface area (Å²) in [7, 11) is 3.28. The van der Waals surface area contributed by atoms with E-state index >= 15 is 0 Å². The predicted molar refractivity (Wildman–Crippen MR) is 126 cm³/mol. The van der Waals surface area contributed by atoms with E-state index in [1.165, 1.54) is 23.1 Å². The number of halogens is 1. The zero-order valence-electron chi connectivity index (χ0n) is 18.5. The SMILES string of the molecule is COc1cc2c(cc1OC)CC(=O)N(CCCNC1CCc3ccccc3C1)CC2.Cl. The molecule has 0 spiro atoms. The molecular weight excluding hydrogens is 412 g/mol. The number of amides is 1. The monoisotopic (exact) mass is 444 g/mol. The first kappa shape index (κ1) is 23.4. The van der Waals surface area contributed by atoms with E-state index in [0.717, 1.165) is 56.6 Å². The summed E-state index contributed by atoms with van der Waals surface area (Å²) in [5.41, 5.74) is 5.22. The maximum Gasteiger partial charge on any atom is 0.227 e. The first-order valence-electron chi connectivity index (χ1n) is 11.0. The van der Waals surface area contributed by atoms with Gasteiger partial charge in [-0.2, -0.15) is 0 Å². The normalized spacial score (nSPS) is 17.8. The molecule has 5 nitrogen and oxygen atoms in total. The third-order valence-electron chi connectivity index (χ3n) is 6.44. The molecular formula is C25H33ClN2O3. The minimum Gasteiger partial charge on any atom is -0.493 e. The van der Waals surface area contributed by atoms with Crippen molar-refractivity contribution < 1.29 is 14.3 Å². The average molecular weight is 445 g/mol. The number of nitrogens with zero attached hydrogens (tertiary/aromatic N) is 1. The number of carbonyl (C=O) groups is 1. The quantitative estimate of drug-likeness (QED) is 0.663. The van der Waals surface area contributed by atoms with Crippen LogP contribution in [0.4, 0.5) is 0 Å². The van der Waals surface area contributed by atoms with Gasteiger partial charge in [-0.3, -0.25) is 4.79 Å². The lowest BCUT2D eigenvalue weighted by molar-refractivity contribution is -0.130. The molecule has 1 aliphatic carbocycles. The molecule has 1 aliphatic heterocycles. The van der Waals surface area contributed by atoms with Crippen molar-refractivity contribution in [1.82, 2.24) is 10.2 Å². The number of ether oxygens (including phenoxy) is 2. The summed E-state index contributed by atoms with van der Waals surface area (Å²) in [6.07, 6.45) is 5.73. The first-order valence-corrected chi connectivity index (χ1v) is 11.0. The van der Waals surface area contributed by atoms with E-state index in [4.69, 9.17) is 9.47 Å². The zero-order chi connectivity index (χ0) is 20.9. The Labute approximate surface area is 191 Å². The van der Waals surface area contributed by atoms with Crippen LogP contribution in [0.3, 0.4) is 0 Å². The molecule has 31 heavy (non-hydrogen) atoms. The highest BCUT2D eigenvalue weighted by atomic mass is 35.5. The van der Waals surface area contributed by atoms with Crippen LogP contribution in [0.1, 0.15) is 35.1 Å². The van der Waals surface area contributed by atoms with Crippen molar-refractivity contribution in [3.05, 3.63) is 58.7 Å². The summed E-state index contributed by atoms with van der Waals surface area (Å²) < 4.78 is 10.8. The van der Waals surface area contributed by atoms with Crippen molar-refractivity contribution in [3.63, 3.8) is 0 Å². The summed E-state index contributed by atoms with van der Waals surface area (Å²) >= 11 is 0. The highest BCUT2D eigenvalue weighted by Gasteiger charge is 2.23. The van der Waals surface area contributed by atoms with Crippen LogP contribution >= 0.6 is 12.4 Å². The van der Waals surface area contributed by atoms with Gasteiger partial charge in [0.2, 0.25) is 5.91 Å². The van der Waals surface area contributed by atoms with Gasteiger partial charge in [0.1, 0.15) is 0 Å². The molecule has 1 unspecified atom stereocenters. The number of carbonyl (C=O) groups excluding carboxylic acids is 1. The molecule has 0 saturated heterocycles. The van der Waals surface area contributed by atoms with Gasteiger partial charge in [0.25, 0.3) is 0 Å². The Balaban J connectivity index is 0.00000272. The van der Waals surface area contributed by atoms with Crippen molar-refractivity contribution in [3.8, 4) is 11.5 Å². The van der Waals surface area contributed by atoms with Crippen molar-refractivity contribution in [2.75, 3.05) is 33.9 Å². The van der Waals surface area contributed by atoms with Crippen LogP contribution in [0.25, 0.3) is 0 Å². The van der Waals surface area contributed by atoms with Gasteiger partial charge < -0.3 is 19.7 Å². The van der Waals surface area contributed by atoms with Crippen LogP contribution in [0, 0.1) is 0 Å². The fourth-order valence-corrected chi connectivity index (χ4v) is 4.70. The second-order valence-corrected chi connectivity index (χ2v) is 8.30. The van der Waals surface area contributed by atoms with Crippen molar-refractivity contribution in [1.29, 1.82) is 0 Å². The van der Waals surface area contributed by atoms with Gasteiger partial charge in [-0.05, 0) is 73.0 Å². The van der Waals surface area contributed by atoms with E-state index in [9.17, 15) is 4.79 Å². The second-order valence-electron chi connectivity index (χ2n) is 8.30. The molecule has 0 bridgehead atoms. The Hall–Kier alpha value is -2.24. The van der Waals surface area contributed by atoms with E-state index in [-0.39, 0.29) is 18.3 Å². The lowest BCUT2D eigenvalue weighted by Crippen LogP contribution is -2.38. The maximum atomic E-state index is 12.8. The molecule has 4 rings (SSSR count). The number of methoxy groups -OCH3 is 2. The number of hydrogen-bond acceptors (Lipinski definition) is 4. The smallest absolute Gasteiger partial charge is 0.227 e. The molecule has 1 atom stereocenters. The van der Waals surface area contributed by atoms with Crippen LogP contribution in [0.5, 0.6) is 11.5 Å². The van der Waals surface area contributed by atoms with Crippen LogP contribution in [-0.4, -0.2) is 50.7 Å². The molecule has 168 valence electrons. The van der Waals surface area contributed by atoms with Gasteiger partial charge in [0.05, 0.1) is 20.6 Å². The first-order chi connectivity index (χ1) is 14.7. The lowest BCUT2D eigenvalue weighted by atomic mass is 9.88. The molecule has 2 aliphatic rings. The number of aryl methyl sites for hydroxylation is 1. The van der Waals surface area contributed by atoms with E-state index in [1.807, 2.05) is 17.0 Å². The number of hydrogen-bond donors (Lipinski definition) is 1. The average Bonchev–Trinajstić information content (AvgIpc) is 2.93. The predicted octanol–water partition coefficient (Wildman–Crippen LogP) is 3.59. The summed E-state index contributed by atoms with van der Waals surface area (Å²) in [5.74, 6) is 1.62. The molecule has 0 saturated carbocycles. The number of nitrogens with one attached hydrogen (secondary N) is 1. The zero-order valence-corrected chi connectivity index (χ0v) is 19.3. The molecule has 1 heterocycles. The highest BCUT2D eigenvalue weighted by Crippen LogP contribution is 2.32. The number of rotatable bonds is 7. The largest absolute Gasteiger partial charge is 0.493 e. The summed E-state index contributed by atoms with van der Waals surface area (Å²) in [6.45, 7) is 2.51. The topological polar surface area (TPSA) is 50.8 Å². The van der Waals surface area contributed by atoms with Crippen LogP contribution < -0.4 is 14.8 Å². The molecule has 1 amide bonds. The molecule has 6 heteroatoms. The van der Waals surface area contributed by atoms with Gasteiger partial charge in [-0.25, -0.2) is 0 Å². The van der Waals surface area contributed by atoms with E-state index in [1.54, 1.807) is 14.2 Å². The Morgan fingerprint density at radius 1 is 1.00 bits per heavy atom. The molecule has 0 aromatic heterocycles. The van der Waals surface area contributed by atoms with Crippen LogP contribution in [0.2, 0.25) is 0 Å². The lowest BCUT2D eigenvalue weighted by Gasteiger charge is -2.26. The maximum absolute atomic E-state index is 12.8. The molecule has 2 aromatic carbocycles. The third kappa shape index (κ3) is 5.52. The van der Waals surface area contributed by atoms with Crippen LogP contribution in [0.15, 0.2) is 36.4 Å².